The van der Waals surface area contributed by atoms with E-state index in [0.717, 1.165) is 17.0 Å². The largest absolute Gasteiger partial charge is 0.496 e. The molecular formula is C16H15FN2O. The van der Waals surface area contributed by atoms with Gasteiger partial charge in [0.15, 0.2) is 0 Å². The van der Waals surface area contributed by atoms with Gasteiger partial charge in [0.25, 0.3) is 0 Å². The number of H-pyrrole nitrogens is 2. The zero-order valence-electron chi connectivity index (χ0n) is 11.1. The fourth-order valence-electron chi connectivity index (χ4n) is 2.47. The van der Waals surface area contributed by atoms with Crippen molar-refractivity contribution in [3.05, 3.63) is 77.6 Å². The molecule has 2 N–H and O–H groups in total. The third kappa shape index (κ3) is 2.20. The maximum Gasteiger partial charge on any atom is 0.126 e. The van der Waals surface area contributed by atoms with Crippen molar-refractivity contribution in [3.8, 4) is 5.75 Å². The van der Waals surface area contributed by atoms with Crippen LogP contribution in [0.4, 0.5) is 4.39 Å². The molecule has 0 saturated carbocycles. The maximum atomic E-state index is 13.4. The van der Waals surface area contributed by atoms with Crippen molar-refractivity contribution < 1.29 is 9.13 Å². The lowest BCUT2D eigenvalue weighted by Gasteiger charge is -2.18. The molecule has 0 spiro atoms. The molecule has 1 aromatic carbocycles. The second-order valence-electron chi connectivity index (χ2n) is 4.57. The van der Waals surface area contributed by atoms with Crippen LogP contribution < -0.4 is 4.74 Å². The van der Waals surface area contributed by atoms with Crippen molar-refractivity contribution in [3.63, 3.8) is 0 Å². The van der Waals surface area contributed by atoms with E-state index in [-0.39, 0.29) is 11.7 Å². The van der Waals surface area contributed by atoms with E-state index in [9.17, 15) is 4.39 Å². The van der Waals surface area contributed by atoms with Gasteiger partial charge in [0.1, 0.15) is 11.6 Å². The predicted octanol–water partition coefficient (Wildman–Crippen LogP) is 3.67. The summed E-state index contributed by atoms with van der Waals surface area (Å²) in [6.45, 7) is 0. The summed E-state index contributed by atoms with van der Waals surface area (Å²) >= 11 is 0. The quantitative estimate of drug-likeness (QED) is 0.746. The van der Waals surface area contributed by atoms with Gasteiger partial charge in [0, 0.05) is 35.4 Å². The van der Waals surface area contributed by atoms with Crippen molar-refractivity contribution in [2.24, 2.45) is 0 Å². The van der Waals surface area contributed by atoms with E-state index in [1.165, 1.54) is 12.1 Å². The van der Waals surface area contributed by atoms with Gasteiger partial charge >= 0.3 is 0 Å². The van der Waals surface area contributed by atoms with Crippen molar-refractivity contribution in [2.45, 2.75) is 5.92 Å². The molecule has 0 aliphatic rings. The average molecular weight is 270 g/mol. The van der Waals surface area contributed by atoms with E-state index in [0.29, 0.717) is 5.75 Å². The summed E-state index contributed by atoms with van der Waals surface area (Å²) in [7, 11) is 1.55. The number of aromatic amines is 2. The second kappa shape index (κ2) is 5.25. The number of rotatable bonds is 4. The molecule has 3 aromatic rings. The van der Waals surface area contributed by atoms with Gasteiger partial charge in [0.05, 0.1) is 13.0 Å². The van der Waals surface area contributed by atoms with Crippen LogP contribution in [0.25, 0.3) is 0 Å². The van der Waals surface area contributed by atoms with Crippen LogP contribution in [-0.4, -0.2) is 17.1 Å². The Morgan fingerprint density at radius 3 is 2.15 bits per heavy atom. The minimum absolute atomic E-state index is 0.0458. The number of hydrogen-bond donors (Lipinski definition) is 2. The van der Waals surface area contributed by atoms with Crippen LogP contribution >= 0.6 is 0 Å². The standard InChI is InChI=1S/C16H15FN2O/c1-20-15-10-11(17)6-7-12(15)16(13-4-2-8-18-13)14-5-3-9-19-14/h2-10,16,18-19H,1H3. The molecule has 102 valence electrons. The highest BCUT2D eigenvalue weighted by molar-refractivity contribution is 5.46. The lowest BCUT2D eigenvalue weighted by Crippen LogP contribution is -2.06. The molecule has 0 unspecified atom stereocenters. The van der Waals surface area contributed by atoms with Gasteiger partial charge in [-0.15, -0.1) is 0 Å². The molecule has 0 amide bonds. The second-order valence-corrected chi connectivity index (χ2v) is 4.57. The summed E-state index contributed by atoms with van der Waals surface area (Å²) < 4.78 is 18.7. The zero-order chi connectivity index (χ0) is 13.9. The highest BCUT2D eigenvalue weighted by atomic mass is 19.1. The van der Waals surface area contributed by atoms with Gasteiger partial charge in [-0.1, -0.05) is 6.07 Å². The highest BCUT2D eigenvalue weighted by Gasteiger charge is 2.22. The summed E-state index contributed by atoms with van der Waals surface area (Å²) in [5, 5.41) is 0. The smallest absolute Gasteiger partial charge is 0.126 e. The molecule has 0 bridgehead atoms. The number of methoxy groups -OCH3 is 1. The summed E-state index contributed by atoms with van der Waals surface area (Å²) in [5.74, 6) is 0.192. The molecule has 0 atom stereocenters. The minimum Gasteiger partial charge on any atom is -0.496 e. The molecular weight excluding hydrogens is 255 g/mol. The number of ether oxygens (including phenoxy) is 1. The van der Waals surface area contributed by atoms with E-state index >= 15 is 0 Å². The van der Waals surface area contributed by atoms with Gasteiger partial charge < -0.3 is 14.7 Å². The van der Waals surface area contributed by atoms with Gasteiger partial charge in [-0.05, 0) is 30.3 Å². The number of nitrogens with one attached hydrogen (secondary N) is 2. The van der Waals surface area contributed by atoms with E-state index in [1.54, 1.807) is 13.2 Å². The Hall–Kier alpha value is -2.49. The minimum atomic E-state index is -0.303. The van der Waals surface area contributed by atoms with Crippen molar-refractivity contribution in [1.29, 1.82) is 0 Å². The third-order valence-electron chi connectivity index (χ3n) is 3.37. The van der Waals surface area contributed by atoms with E-state index in [2.05, 4.69) is 9.97 Å². The van der Waals surface area contributed by atoms with Gasteiger partial charge in [-0.2, -0.15) is 0 Å². The Balaban J connectivity index is 2.16. The maximum absolute atomic E-state index is 13.4. The molecule has 2 aromatic heterocycles. The zero-order valence-corrected chi connectivity index (χ0v) is 11.1. The van der Waals surface area contributed by atoms with Gasteiger partial charge in [0.2, 0.25) is 0 Å². The molecule has 3 rings (SSSR count). The topological polar surface area (TPSA) is 40.8 Å². The lowest BCUT2D eigenvalue weighted by atomic mass is 9.92. The number of benzene rings is 1. The Morgan fingerprint density at radius 1 is 1.00 bits per heavy atom. The van der Waals surface area contributed by atoms with E-state index in [1.807, 2.05) is 36.7 Å². The summed E-state index contributed by atoms with van der Waals surface area (Å²) in [4.78, 5) is 6.44. The molecule has 0 aliphatic heterocycles. The van der Waals surface area contributed by atoms with Crippen LogP contribution in [-0.2, 0) is 0 Å². The lowest BCUT2D eigenvalue weighted by molar-refractivity contribution is 0.405. The number of aromatic nitrogens is 2. The Morgan fingerprint density at radius 2 is 1.65 bits per heavy atom. The van der Waals surface area contributed by atoms with Crippen LogP contribution in [0.2, 0.25) is 0 Å². The number of hydrogen-bond acceptors (Lipinski definition) is 1. The molecule has 4 heteroatoms. The van der Waals surface area contributed by atoms with Crippen molar-refractivity contribution in [2.75, 3.05) is 7.11 Å². The Kier molecular flexibility index (Phi) is 3.29. The Bertz CT molecular complexity index is 640. The van der Waals surface area contributed by atoms with Crippen LogP contribution in [0.1, 0.15) is 22.9 Å². The van der Waals surface area contributed by atoms with Crippen LogP contribution in [0.3, 0.4) is 0 Å². The Labute approximate surface area is 116 Å². The molecule has 3 nitrogen and oxygen atoms in total. The first-order valence-corrected chi connectivity index (χ1v) is 6.39. The molecule has 0 radical (unpaired) electrons. The predicted molar refractivity (Wildman–Crippen MR) is 75.5 cm³/mol. The van der Waals surface area contributed by atoms with Crippen LogP contribution in [0, 0.1) is 5.82 Å². The monoisotopic (exact) mass is 270 g/mol. The first kappa shape index (κ1) is 12.5. The molecule has 20 heavy (non-hydrogen) atoms. The van der Waals surface area contributed by atoms with E-state index in [4.69, 9.17) is 4.74 Å². The fourth-order valence-corrected chi connectivity index (χ4v) is 2.47. The first-order valence-electron chi connectivity index (χ1n) is 6.39. The fraction of sp³-hybridized carbons (Fsp3) is 0.125. The highest BCUT2D eigenvalue weighted by Crippen LogP contribution is 2.35. The normalized spacial score (nSPS) is 10.9. The SMILES string of the molecule is COc1cc(F)ccc1C(c1ccc[nH]1)c1ccc[nH]1. The average Bonchev–Trinajstić information content (AvgIpc) is 3.14. The first-order chi connectivity index (χ1) is 9.79. The molecule has 0 fully saturated rings. The summed E-state index contributed by atoms with van der Waals surface area (Å²) in [6, 6.07) is 12.5. The van der Waals surface area contributed by atoms with Crippen molar-refractivity contribution in [1.82, 2.24) is 9.97 Å². The van der Waals surface area contributed by atoms with Gasteiger partial charge in [-0.3, -0.25) is 0 Å². The van der Waals surface area contributed by atoms with E-state index < -0.39 is 0 Å². The molecule has 2 heterocycles. The molecule has 0 aliphatic carbocycles. The van der Waals surface area contributed by atoms with Crippen LogP contribution in [0.15, 0.2) is 54.9 Å². The summed E-state index contributed by atoms with van der Waals surface area (Å²) in [5.41, 5.74) is 2.97. The van der Waals surface area contributed by atoms with Crippen molar-refractivity contribution >= 4 is 0 Å². The van der Waals surface area contributed by atoms with Crippen LogP contribution in [0.5, 0.6) is 5.75 Å². The number of halogens is 1. The third-order valence-corrected chi connectivity index (χ3v) is 3.37. The molecule has 0 saturated heterocycles. The van der Waals surface area contributed by atoms with Gasteiger partial charge in [-0.25, -0.2) is 4.39 Å². The summed E-state index contributed by atoms with van der Waals surface area (Å²) in [6.07, 6.45) is 3.75.